The van der Waals surface area contributed by atoms with Gasteiger partial charge < -0.3 is 19.3 Å². The third kappa shape index (κ3) is 2.86. The van der Waals surface area contributed by atoms with E-state index in [0.717, 1.165) is 12.8 Å². The van der Waals surface area contributed by atoms with Gasteiger partial charge in [0.15, 0.2) is 17.4 Å². The van der Waals surface area contributed by atoms with Crippen LogP contribution < -0.4 is 4.74 Å². The van der Waals surface area contributed by atoms with Crippen molar-refractivity contribution in [1.29, 1.82) is 0 Å². The normalized spacial score (nSPS) is 29.5. The van der Waals surface area contributed by atoms with Gasteiger partial charge in [-0.2, -0.15) is 0 Å². The van der Waals surface area contributed by atoms with Crippen molar-refractivity contribution in [3.63, 3.8) is 0 Å². The topological polar surface area (TPSA) is 99.1 Å². The van der Waals surface area contributed by atoms with Crippen LogP contribution in [0.3, 0.4) is 0 Å². The molecule has 7 heteroatoms. The molecular weight excluding hydrogens is 364 g/mol. The molecule has 1 saturated heterocycles. The number of hydrogen-bond acceptors (Lipinski definition) is 6. The van der Waals surface area contributed by atoms with Crippen molar-refractivity contribution in [2.75, 3.05) is 7.11 Å². The van der Waals surface area contributed by atoms with Crippen molar-refractivity contribution >= 4 is 17.5 Å². The zero-order chi connectivity index (χ0) is 20.1. The van der Waals surface area contributed by atoms with Gasteiger partial charge in [0.1, 0.15) is 5.75 Å². The van der Waals surface area contributed by atoms with E-state index in [1.807, 2.05) is 6.92 Å². The van der Waals surface area contributed by atoms with Crippen LogP contribution in [-0.2, 0) is 14.3 Å². The number of carbonyl (C=O) groups excluding carboxylic acids is 2. The fraction of sp³-hybridized carbons (Fsp3) is 0.476. The summed E-state index contributed by atoms with van der Waals surface area (Å²) in [5.74, 6) is -2.72. The third-order valence-electron chi connectivity index (χ3n) is 5.60. The van der Waals surface area contributed by atoms with Gasteiger partial charge in [-0.05, 0) is 25.8 Å². The lowest BCUT2D eigenvalue weighted by Gasteiger charge is -2.47. The van der Waals surface area contributed by atoms with E-state index >= 15 is 0 Å². The minimum absolute atomic E-state index is 0.0718. The highest BCUT2D eigenvalue weighted by Gasteiger charge is 2.53. The molecule has 1 aromatic rings. The Morgan fingerprint density at radius 1 is 1.29 bits per heavy atom. The summed E-state index contributed by atoms with van der Waals surface area (Å²) in [4.78, 5) is 38.1. The Balaban J connectivity index is 1.89. The van der Waals surface area contributed by atoms with E-state index in [2.05, 4.69) is 0 Å². The molecule has 7 nitrogen and oxygen atoms in total. The summed E-state index contributed by atoms with van der Waals surface area (Å²) >= 11 is 0. The minimum Gasteiger partial charge on any atom is -0.496 e. The Hall–Kier alpha value is -2.51. The number of rotatable bonds is 3. The number of carbonyl (C=O) groups is 3. The molecule has 2 aliphatic heterocycles. The average Bonchev–Trinajstić information content (AvgIpc) is 2.64. The van der Waals surface area contributed by atoms with Crippen LogP contribution in [-0.4, -0.2) is 47.7 Å². The third-order valence-corrected chi connectivity index (χ3v) is 5.60. The second-order valence-corrected chi connectivity index (χ2v) is 7.51. The molecule has 1 fully saturated rings. The SMILES string of the molecule is COc1cccc2c1C(=O)C1=C(C[C@@H](CC(=O)O)O[C@@]13CCC[C@@H](C)O3)C2=O. The van der Waals surface area contributed by atoms with E-state index in [9.17, 15) is 19.5 Å². The van der Waals surface area contributed by atoms with Gasteiger partial charge >= 0.3 is 5.97 Å². The van der Waals surface area contributed by atoms with Gasteiger partial charge in [0.25, 0.3) is 0 Å². The van der Waals surface area contributed by atoms with Crippen LogP contribution >= 0.6 is 0 Å². The highest BCUT2D eigenvalue weighted by atomic mass is 16.7. The maximum atomic E-state index is 13.5. The molecule has 1 aliphatic carbocycles. The number of ketones is 2. The number of carboxylic acid groups (broad SMARTS) is 1. The van der Waals surface area contributed by atoms with Crippen molar-refractivity contribution in [1.82, 2.24) is 0 Å². The average molecular weight is 386 g/mol. The first-order valence-corrected chi connectivity index (χ1v) is 9.43. The zero-order valence-electron chi connectivity index (χ0n) is 15.8. The molecule has 3 aliphatic rings. The van der Waals surface area contributed by atoms with Gasteiger partial charge in [-0.3, -0.25) is 14.4 Å². The molecule has 4 rings (SSSR count). The number of fused-ring (bicyclic) bond motifs is 2. The predicted octanol–water partition coefficient (Wildman–Crippen LogP) is 2.92. The van der Waals surface area contributed by atoms with Crippen molar-refractivity contribution in [2.45, 2.75) is 57.0 Å². The Morgan fingerprint density at radius 2 is 2.07 bits per heavy atom. The van der Waals surface area contributed by atoms with Crippen molar-refractivity contribution in [2.24, 2.45) is 0 Å². The number of Topliss-reactive ketones (excluding diaryl/α,β-unsaturated/α-hetero) is 2. The van der Waals surface area contributed by atoms with Crippen molar-refractivity contribution in [3.05, 3.63) is 40.5 Å². The second kappa shape index (κ2) is 6.83. The number of aliphatic carboxylic acids is 1. The summed E-state index contributed by atoms with van der Waals surface area (Å²) in [6.45, 7) is 1.88. The van der Waals surface area contributed by atoms with E-state index in [0.29, 0.717) is 17.7 Å². The van der Waals surface area contributed by atoms with Gasteiger partial charge in [-0.25, -0.2) is 0 Å². The number of hydrogen-bond donors (Lipinski definition) is 1. The van der Waals surface area contributed by atoms with E-state index in [-0.39, 0.29) is 47.2 Å². The Morgan fingerprint density at radius 3 is 2.75 bits per heavy atom. The highest BCUT2D eigenvalue weighted by Crippen LogP contribution is 2.48. The van der Waals surface area contributed by atoms with Crippen LogP contribution in [0.4, 0.5) is 0 Å². The molecule has 0 radical (unpaired) electrons. The van der Waals surface area contributed by atoms with Crippen LogP contribution in [0.25, 0.3) is 0 Å². The number of carboxylic acids is 1. The summed E-state index contributed by atoms with van der Waals surface area (Å²) < 4.78 is 17.5. The maximum Gasteiger partial charge on any atom is 0.305 e. The van der Waals surface area contributed by atoms with Crippen LogP contribution in [0.15, 0.2) is 29.3 Å². The lowest BCUT2D eigenvalue weighted by Crippen LogP contribution is -2.53. The van der Waals surface area contributed by atoms with Crippen LogP contribution in [0.1, 0.15) is 59.7 Å². The zero-order valence-corrected chi connectivity index (χ0v) is 15.8. The van der Waals surface area contributed by atoms with E-state index in [4.69, 9.17) is 14.2 Å². The fourth-order valence-corrected chi connectivity index (χ4v) is 4.50. The van der Waals surface area contributed by atoms with Crippen molar-refractivity contribution in [3.8, 4) is 5.75 Å². The maximum absolute atomic E-state index is 13.5. The number of methoxy groups -OCH3 is 1. The molecule has 1 spiro atoms. The van der Waals surface area contributed by atoms with Crippen LogP contribution in [0.5, 0.6) is 5.75 Å². The molecule has 28 heavy (non-hydrogen) atoms. The fourth-order valence-electron chi connectivity index (χ4n) is 4.50. The van der Waals surface area contributed by atoms with E-state index in [1.165, 1.54) is 7.11 Å². The standard InChI is InChI=1S/C21H22O7/c1-11-5-4-8-21(27-11)18-14(9-12(28-21)10-16(22)23)19(24)13-6-3-7-15(26-2)17(13)20(18)25/h3,6-7,11-12H,4-5,8-10H2,1-2H3,(H,22,23)/t11-,12+,21+/m1/s1. The van der Waals surface area contributed by atoms with Gasteiger partial charge in [-0.15, -0.1) is 0 Å². The van der Waals surface area contributed by atoms with Gasteiger partial charge in [0, 0.05) is 24.0 Å². The van der Waals surface area contributed by atoms with Crippen molar-refractivity contribution < 1.29 is 33.7 Å². The van der Waals surface area contributed by atoms with Crippen LogP contribution in [0.2, 0.25) is 0 Å². The summed E-state index contributed by atoms with van der Waals surface area (Å²) in [5, 5.41) is 9.24. The molecule has 0 unspecified atom stereocenters. The lowest BCUT2D eigenvalue weighted by molar-refractivity contribution is -0.275. The number of benzene rings is 1. The van der Waals surface area contributed by atoms with E-state index in [1.54, 1.807) is 18.2 Å². The smallest absolute Gasteiger partial charge is 0.305 e. The first-order valence-electron chi connectivity index (χ1n) is 9.43. The monoisotopic (exact) mass is 386 g/mol. The molecule has 2 heterocycles. The Bertz CT molecular complexity index is 900. The minimum atomic E-state index is -1.39. The second-order valence-electron chi connectivity index (χ2n) is 7.51. The van der Waals surface area contributed by atoms with E-state index < -0.39 is 17.9 Å². The first-order chi connectivity index (χ1) is 13.4. The lowest BCUT2D eigenvalue weighted by atomic mass is 9.74. The molecule has 0 saturated carbocycles. The largest absolute Gasteiger partial charge is 0.496 e. The number of ether oxygens (including phenoxy) is 3. The highest BCUT2D eigenvalue weighted by molar-refractivity contribution is 6.28. The molecule has 1 N–H and O–H groups in total. The Labute approximate surface area is 162 Å². The van der Waals surface area contributed by atoms with Gasteiger partial charge in [-0.1, -0.05) is 12.1 Å². The molecule has 3 atom stereocenters. The quantitative estimate of drug-likeness (QED) is 0.853. The van der Waals surface area contributed by atoms with Gasteiger partial charge in [0.2, 0.25) is 0 Å². The molecule has 148 valence electrons. The molecule has 0 aromatic heterocycles. The van der Waals surface area contributed by atoms with Gasteiger partial charge in [0.05, 0.1) is 36.9 Å². The molecule has 1 aromatic carbocycles. The van der Waals surface area contributed by atoms with Crippen LogP contribution in [0, 0.1) is 0 Å². The first kappa shape index (κ1) is 18.8. The summed E-state index contributed by atoms with van der Waals surface area (Å²) in [6, 6.07) is 4.90. The summed E-state index contributed by atoms with van der Waals surface area (Å²) in [7, 11) is 1.45. The summed E-state index contributed by atoms with van der Waals surface area (Å²) in [6.07, 6.45) is 0.858. The Kier molecular flexibility index (Phi) is 4.59. The molecule has 0 amide bonds. The molecular formula is C21H22O7. The predicted molar refractivity (Wildman–Crippen MR) is 97.6 cm³/mol. The molecule has 0 bridgehead atoms. The summed E-state index contributed by atoms with van der Waals surface area (Å²) in [5.41, 5.74) is 1.01.